The zero-order valence-electron chi connectivity index (χ0n) is 10.7. The average molecular weight is 220 g/mol. The van der Waals surface area contributed by atoms with E-state index in [-0.39, 0.29) is 0 Å². The molecule has 4 aliphatic rings. The lowest BCUT2D eigenvalue weighted by atomic mass is 9.34. The van der Waals surface area contributed by atoms with E-state index < -0.39 is 0 Å². The summed E-state index contributed by atoms with van der Waals surface area (Å²) in [4.78, 5) is 0. The predicted octanol–water partition coefficient (Wildman–Crippen LogP) is 3.24. The monoisotopic (exact) mass is 220 g/mol. The Morgan fingerprint density at radius 3 is 2.88 bits per heavy atom. The van der Waals surface area contributed by atoms with Crippen LogP contribution in [-0.4, -0.2) is 11.7 Å². The molecule has 0 aromatic rings. The summed E-state index contributed by atoms with van der Waals surface area (Å²) in [6.07, 6.45) is 6.37. The number of hydrogen-bond donors (Lipinski definition) is 1. The molecule has 16 heavy (non-hydrogen) atoms. The van der Waals surface area contributed by atoms with Crippen molar-refractivity contribution in [2.24, 2.45) is 35.0 Å². The first-order chi connectivity index (χ1) is 7.59. The summed E-state index contributed by atoms with van der Waals surface area (Å²) >= 11 is 0. The third-order valence-electron chi connectivity index (χ3n) is 5.99. The topological polar surface area (TPSA) is 20.2 Å². The molecule has 0 saturated heterocycles. The Hall–Kier alpha value is -0.300. The van der Waals surface area contributed by atoms with Crippen molar-refractivity contribution in [1.82, 2.24) is 0 Å². The number of rotatable bonds is 2. The number of hydrogen-bond acceptors (Lipinski definition) is 1. The molecular formula is C15H24O. The van der Waals surface area contributed by atoms with Gasteiger partial charge in [-0.1, -0.05) is 26.8 Å². The molecule has 3 fully saturated rings. The highest BCUT2D eigenvalue weighted by molar-refractivity contribution is 5.29. The smallest absolute Gasteiger partial charge is 0.0644 e. The van der Waals surface area contributed by atoms with Gasteiger partial charge in [-0.3, -0.25) is 0 Å². The van der Waals surface area contributed by atoms with Crippen LogP contribution in [0.3, 0.4) is 0 Å². The lowest BCUT2D eigenvalue weighted by molar-refractivity contribution is -0.183. The average Bonchev–Trinajstić information content (AvgIpc) is 2.29. The quantitative estimate of drug-likeness (QED) is 0.708. The van der Waals surface area contributed by atoms with E-state index in [1.807, 2.05) is 0 Å². The van der Waals surface area contributed by atoms with Crippen molar-refractivity contribution >= 4 is 0 Å². The van der Waals surface area contributed by atoms with Gasteiger partial charge >= 0.3 is 0 Å². The van der Waals surface area contributed by atoms with Crippen molar-refractivity contribution in [3.63, 3.8) is 0 Å². The summed E-state index contributed by atoms with van der Waals surface area (Å²) in [5.41, 5.74) is 1.91. The van der Waals surface area contributed by atoms with Gasteiger partial charge in [0, 0.05) is 0 Å². The van der Waals surface area contributed by atoms with Gasteiger partial charge < -0.3 is 5.11 Å². The Labute approximate surface area is 98.9 Å². The minimum atomic E-state index is 0.300. The molecule has 0 aliphatic heterocycles. The van der Waals surface area contributed by atoms with Crippen LogP contribution in [0.25, 0.3) is 0 Å². The van der Waals surface area contributed by atoms with Crippen LogP contribution in [0, 0.1) is 35.0 Å². The first-order valence-corrected chi connectivity index (χ1v) is 6.89. The molecule has 90 valence electrons. The molecule has 4 bridgehead atoms. The van der Waals surface area contributed by atoms with E-state index in [1.54, 1.807) is 0 Å². The summed E-state index contributed by atoms with van der Waals surface area (Å²) in [6, 6.07) is 0. The van der Waals surface area contributed by atoms with Crippen LogP contribution in [0.4, 0.5) is 0 Å². The van der Waals surface area contributed by atoms with Crippen LogP contribution < -0.4 is 0 Å². The molecule has 1 nitrogen and oxygen atoms in total. The Bertz CT molecular complexity index is 330. The predicted molar refractivity (Wildman–Crippen MR) is 65.9 cm³/mol. The van der Waals surface area contributed by atoms with Gasteiger partial charge in [0.1, 0.15) is 0 Å². The first-order valence-electron chi connectivity index (χ1n) is 6.89. The first kappa shape index (κ1) is 10.8. The largest absolute Gasteiger partial charge is 0.392 e. The van der Waals surface area contributed by atoms with Crippen LogP contribution in [0.2, 0.25) is 0 Å². The molecule has 0 spiro atoms. The van der Waals surface area contributed by atoms with Crippen LogP contribution in [0.5, 0.6) is 0 Å². The van der Waals surface area contributed by atoms with Crippen molar-refractivity contribution in [3.8, 4) is 0 Å². The summed E-state index contributed by atoms with van der Waals surface area (Å²) < 4.78 is 0. The fourth-order valence-corrected chi connectivity index (χ4v) is 5.22. The van der Waals surface area contributed by atoms with E-state index in [1.165, 1.54) is 24.8 Å². The highest BCUT2D eigenvalue weighted by atomic mass is 16.3. The minimum absolute atomic E-state index is 0.300. The van der Waals surface area contributed by atoms with Gasteiger partial charge in [0.05, 0.1) is 6.61 Å². The molecule has 4 rings (SSSR count). The molecule has 0 aromatic carbocycles. The third kappa shape index (κ3) is 1.11. The number of aliphatic hydroxyl groups is 1. The van der Waals surface area contributed by atoms with E-state index in [2.05, 4.69) is 26.8 Å². The highest BCUT2D eigenvalue weighted by Crippen LogP contribution is 2.71. The zero-order chi connectivity index (χ0) is 11.5. The molecule has 3 saturated carbocycles. The fraction of sp³-hybridized carbons (Fsp3) is 0.867. The molecule has 1 heteroatoms. The Kier molecular flexibility index (Phi) is 2.27. The Morgan fingerprint density at radius 2 is 2.25 bits per heavy atom. The standard InChI is InChI=1S/C15H24O/c1-9(2)11-6-7-15(3)12-5-4-10(8-16)14(15)13(11)12/h4,9,11-14,16H,5-8H2,1-3H3/t11-,12?,13?,14-,15-/m1/s1. The molecule has 0 aromatic heterocycles. The lowest BCUT2D eigenvalue weighted by Crippen LogP contribution is -2.64. The Morgan fingerprint density at radius 1 is 1.50 bits per heavy atom. The van der Waals surface area contributed by atoms with Crippen LogP contribution in [-0.2, 0) is 0 Å². The van der Waals surface area contributed by atoms with Crippen LogP contribution in [0.15, 0.2) is 11.6 Å². The van der Waals surface area contributed by atoms with Crippen molar-refractivity contribution < 1.29 is 5.11 Å². The molecule has 0 radical (unpaired) electrons. The summed E-state index contributed by atoms with van der Waals surface area (Å²) in [5, 5.41) is 9.51. The van der Waals surface area contributed by atoms with Gasteiger partial charge in [-0.15, -0.1) is 0 Å². The molecule has 0 amide bonds. The van der Waals surface area contributed by atoms with Crippen LogP contribution in [0.1, 0.15) is 40.0 Å². The maximum absolute atomic E-state index is 9.51. The fourth-order valence-electron chi connectivity index (χ4n) is 5.22. The van der Waals surface area contributed by atoms with Crippen molar-refractivity contribution in [1.29, 1.82) is 0 Å². The van der Waals surface area contributed by atoms with E-state index >= 15 is 0 Å². The van der Waals surface area contributed by atoms with Crippen molar-refractivity contribution in [2.75, 3.05) is 6.61 Å². The highest BCUT2D eigenvalue weighted by Gasteiger charge is 2.65. The van der Waals surface area contributed by atoms with Gasteiger partial charge in [0.2, 0.25) is 0 Å². The molecular weight excluding hydrogens is 196 g/mol. The van der Waals surface area contributed by atoms with E-state index in [0.29, 0.717) is 12.0 Å². The third-order valence-corrected chi connectivity index (χ3v) is 5.99. The summed E-state index contributed by atoms with van der Waals surface area (Å²) in [6.45, 7) is 7.53. The van der Waals surface area contributed by atoms with Gasteiger partial charge in [0.25, 0.3) is 0 Å². The van der Waals surface area contributed by atoms with E-state index in [9.17, 15) is 5.11 Å². The number of allylic oxidation sites excluding steroid dienone is 1. The normalized spacial score (nSPS) is 49.9. The Balaban J connectivity index is 1.93. The molecule has 0 heterocycles. The second kappa shape index (κ2) is 3.35. The maximum Gasteiger partial charge on any atom is 0.0644 e. The maximum atomic E-state index is 9.51. The summed E-state index contributed by atoms with van der Waals surface area (Å²) in [5.74, 6) is 4.27. The van der Waals surface area contributed by atoms with Gasteiger partial charge in [-0.25, -0.2) is 0 Å². The number of fused-ring (bicyclic) bond motifs is 2. The zero-order valence-corrected chi connectivity index (χ0v) is 10.7. The minimum Gasteiger partial charge on any atom is -0.392 e. The SMILES string of the molecule is CC(C)[C@H]1CC[C@]2(C)C3CC=C(CO)[C@@H]2C31. The lowest BCUT2D eigenvalue weighted by Gasteiger charge is -2.70. The summed E-state index contributed by atoms with van der Waals surface area (Å²) in [7, 11) is 0. The van der Waals surface area contributed by atoms with Gasteiger partial charge in [-0.05, 0) is 59.8 Å². The van der Waals surface area contributed by atoms with E-state index in [0.717, 1.165) is 29.6 Å². The van der Waals surface area contributed by atoms with Gasteiger partial charge in [-0.2, -0.15) is 0 Å². The van der Waals surface area contributed by atoms with Crippen LogP contribution >= 0.6 is 0 Å². The van der Waals surface area contributed by atoms with E-state index in [4.69, 9.17) is 0 Å². The molecule has 2 unspecified atom stereocenters. The second-order valence-electron chi connectivity index (χ2n) is 6.79. The second-order valence-corrected chi connectivity index (χ2v) is 6.79. The molecule has 1 N–H and O–H groups in total. The molecule has 5 atom stereocenters. The number of aliphatic hydroxyl groups excluding tert-OH is 1. The van der Waals surface area contributed by atoms with Crippen molar-refractivity contribution in [2.45, 2.75) is 40.0 Å². The van der Waals surface area contributed by atoms with Crippen molar-refractivity contribution in [3.05, 3.63) is 11.6 Å². The molecule has 4 aliphatic carbocycles. The van der Waals surface area contributed by atoms with Gasteiger partial charge in [0.15, 0.2) is 0 Å².